The molecule has 1 aliphatic rings. The van der Waals surface area contributed by atoms with Crippen LogP contribution in [0.2, 0.25) is 0 Å². The van der Waals surface area contributed by atoms with E-state index in [1.807, 2.05) is 12.3 Å². The van der Waals surface area contributed by atoms with Crippen LogP contribution in [0.5, 0.6) is 0 Å². The van der Waals surface area contributed by atoms with Gasteiger partial charge < -0.3 is 4.90 Å². The summed E-state index contributed by atoms with van der Waals surface area (Å²) in [4.78, 5) is 6.79. The number of hydrogen-bond acceptors (Lipinski definition) is 3. The van der Waals surface area contributed by atoms with Gasteiger partial charge in [0.25, 0.3) is 0 Å². The molecule has 0 unspecified atom stereocenters. The molecule has 1 aromatic heterocycles. The molecule has 0 bridgehead atoms. The van der Waals surface area contributed by atoms with Gasteiger partial charge >= 0.3 is 0 Å². The Kier molecular flexibility index (Phi) is 4.46. The molecule has 1 aromatic rings. The van der Waals surface area contributed by atoms with E-state index in [0.717, 1.165) is 18.7 Å². The Labute approximate surface area is 110 Å². The SMILES string of the molecule is CN(CCc1ccccn1)CC1(CS)CCC1. The van der Waals surface area contributed by atoms with Crippen LogP contribution in [0, 0.1) is 5.41 Å². The van der Waals surface area contributed by atoms with Gasteiger partial charge in [-0.2, -0.15) is 12.6 Å². The molecule has 0 radical (unpaired) electrons. The van der Waals surface area contributed by atoms with Crippen LogP contribution in [0.3, 0.4) is 0 Å². The van der Waals surface area contributed by atoms with Crippen molar-refractivity contribution in [2.24, 2.45) is 5.41 Å². The van der Waals surface area contributed by atoms with Gasteiger partial charge in [-0.15, -0.1) is 0 Å². The number of likely N-dealkylation sites (N-methyl/N-ethyl adjacent to an activating group) is 1. The van der Waals surface area contributed by atoms with Crippen LogP contribution < -0.4 is 0 Å². The van der Waals surface area contributed by atoms with Crippen LogP contribution in [0.1, 0.15) is 25.0 Å². The second kappa shape index (κ2) is 5.87. The van der Waals surface area contributed by atoms with Gasteiger partial charge in [-0.3, -0.25) is 4.98 Å². The minimum atomic E-state index is 0.502. The summed E-state index contributed by atoms with van der Waals surface area (Å²) in [5, 5.41) is 0. The first kappa shape index (κ1) is 12.9. The fraction of sp³-hybridized carbons (Fsp3) is 0.643. The van der Waals surface area contributed by atoms with E-state index < -0.39 is 0 Å². The first-order valence-electron chi connectivity index (χ1n) is 6.43. The highest BCUT2D eigenvalue weighted by molar-refractivity contribution is 7.80. The molecule has 17 heavy (non-hydrogen) atoms. The number of thiol groups is 1. The topological polar surface area (TPSA) is 16.1 Å². The van der Waals surface area contributed by atoms with E-state index in [-0.39, 0.29) is 0 Å². The van der Waals surface area contributed by atoms with Crippen molar-refractivity contribution in [2.75, 3.05) is 25.9 Å². The Morgan fingerprint density at radius 3 is 2.76 bits per heavy atom. The van der Waals surface area contributed by atoms with Crippen molar-refractivity contribution in [2.45, 2.75) is 25.7 Å². The largest absolute Gasteiger partial charge is 0.305 e. The van der Waals surface area contributed by atoms with Gasteiger partial charge in [-0.1, -0.05) is 12.5 Å². The first-order valence-corrected chi connectivity index (χ1v) is 7.07. The normalized spacial score (nSPS) is 18.1. The number of pyridine rings is 1. The Morgan fingerprint density at radius 2 is 2.24 bits per heavy atom. The number of rotatable bonds is 6. The van der Waals surface area contributed by atoms with E-state index in [4.69, 9.17) is 0 Å². The zero-order chi connectivity index (χ0) is 12.1. The number of hydrogen-bond donors (Lipinski definition) is 1. The summed E-state index contributed by atoms with van der Waals surface area (Å²) in [6.45, 7) is 2.27. The Hall–Kier alpha value is -0.540. The summed E-state index contributed by atoms with van der Waals surface area (Å²) < 4.78 is 0. The van der Waals surface area contributed by atoms with E-state index in [1.165, 1.54) is 31.5 Å². The fourth-order valence-electron chi connectivity index (χ4n) is 2.55. The van der Waals surface area contributed by atoms with Crippen LogP contribution in [0.25, 0.3) is 0 Å². The molecule has 0 atom stereocenters. The van der Waals surface area contributed by atoms with Gasteiger partial charge in [-0.05, 0) is 43.2 Å². The molecule has 1 aliphatic carbocycles. The highest BCUT2D eigenvalue weighted by Crippen LogP contribution is 2.42. The summed E-state index contributed by atoms with van der Waals surface area (Å²) in [7, 11) is 2.21. The lowest BCUT2D eigenvalue weighted by atomic mass is 9.70. The molecule has 0 N–H and O–H groups in total. The van der Waals surface area contributed by atoms with Gasteiger partial charge in [0.2, 0.25) is 0 Å². The lowest BCUT2D eigenvalue weighted by Gasteiger charge is -2.43. The van der Waals surface area contributed by atoms with Gasteiger partial charge in [0.1, 0.15) is 0 Å². The molecule has 1 saturated carbocycles. The predicted octanol–water partition coefficient (Wildman–Crippen LogP) is 2.66. The van der Waals surface area contributed by atoms with Crippen molar-refractivity contribution < 1.29 is 0 Å². The molecule has 0 aromatic carbocycles. The van der Waals surface area contributed by atoms with Crippen molar-refractivity contribution in [1.29, 1.82) is 0 Å². The molecule has 0 spiro atoms. The zero-order valence-electron chi connectivity index (χ0n) is 10.6. The van der Waals surface area contributed by atoms with E-state index >= 15 is 0 Å². The third-order valence-electron chi connectivity index (χ3n) is 3.83. The second-order valence-corrected chi connectivity index (χ2v) is 5.64. The number of nitrogens with zero attached hydrogens (tertiary/aromatic N) is 2. The highest BCUT2D eigenvalue weighted by atomic mass is 32.1. The average Bonchev–Trinajstić information content (AvgIpc) is 2.33. The molecule has 0 amide bonds. The predicted molar refractivity (Wildman–Crippen MR) is 75.6 cm³/mol. The summed E-state index contributed by atoms with van der Waals surface area (Å²) in [6, 6.07) is 6.13. The monoisotopic (exact) mass is 250 g/mol. The number of aromatic nitrogens is 1. The minimum Gasteiger partial charge on any atom is -0.305 e. The minimum absolute atomic E-state index is 0.502. The van der Waals surface area contributed by atoms with Crippen molar-refractivity contribution in [3.8, 4) is 0 Å². The maximum Gasteiger partial charge on any atom is 0.0416 e. The van der Waals surface area contributed by atoms with Crippen LogP contribution in [-0.2, 0) is 6.42 Å². The third kappa shape index (κ3) is 3.46. The molecule has 0 aliphatic heterocycles. The maximum atomic E-state index is 4.51. The van der Waals surface area contributed by atoms with Gasteiger partial charge in [0.15, 0.2) is 0 Å². The summed E-state index contributed by atoms with van der Waals surface area (Å²) in [6.07, 6.45) is 7.00. The summed E-state index contributed by atoms with van der Waals surface area (Å²) in [5.74, 6) is 1.03. The molecule has 1 heterocycles. The van der Waals surface area contributed by atoms with E-state index in [2.05, 4.69) is 41.7 Å². The average molecular weight is 250 g/mol. The zero-order valence-corrected chi connectivity index (χ0v) is 11.5. The van der Waals surface area contributed by atoms with Crippen LogP contribution in [0.4, 0.5) is 0 Å². The van der Waals surface area contributed by atoms with Crippen LogP contribution in [-0.4, -0.2) is 35.8 Å². The smallest absolute Gasteiger partial charge is 0.0416 e. The molecule has 2 nitrogen and oxygen atoms in total. The second-order valence-electron chi connectivity index (χ2n) is 5.32. The quantitative estimate of drug-likeness (QED) is 0.781. The standard InChI is InChI=1S/C14H22N2S/c1-16(11-14(12-17)7-4-8-14)10-6-13-5-2-3-9-15-13/h2-3,5,9,17H,4,6-8,10-12H2,1H3. The van der Waals surface area contributed by atoms with E-state index in [9.17, 15) is 0 Å². The van der Waals surface area contributed by atoms with Gasteiger partial charge in [-0.25, -0.2) is 0 Å². The molecule has 2 rings (SSSR count). The maximum absolute atomic E-state index is 4.51. The lowest BCUT2D eigenvalue weighted by Crippen LogP contribution is -2.42. The lowest BCUT2D eigenvalue weighted by molar-refractivity contribution is 0.105. The van der Waals surface area contributed by atoms with Gasteiger partial charge in [0, 0.05) is 31.4 Å². The molecule has 0 saturated heterocycles. The molecular weight excluding hydrogens is 228 g/mol. The van der Waals surface area contributed by atoms with Crippen molar-refractivity contribution >= 4 is 12.6 Å². The first-order chi connectivity index (χ1) is 8.24. The van der Waals surface area contributed by atoms with E-state index in [0.29, 0.717) is 5.41 Å². The summed E-state index contributed by atoms with van der Waals surface area (Å²) >= 11 is 4.51. The van der Waals surface area contributed by atoms with Crippen molar-refractivity contribution in [3.05, 3.63) is 30.1 Å². The summed E-state index contributed by atoms with van der Waals surface area (Å²) in [5.41, 5.74) is 1.69. The molecular formula is C14H22N2S. The van der Waals surface area contributed by atoms with E-state index in [1.54, 1.807) is 0 Å². The molecule has 3 heteroatoms. The van der Waals surface area contributed by atoms with Crippen molar-refractivity contribution in [3.63, 3.8) is 0 Å². The van der Waals surface area contributed by atoms with Crippen molar-refractivity contribution in [1.82, 2.24) is 9.88 Å². The molecule has 1 fully saturated rings. The van der Waals surface area contributed by atoms with Gasteiger partial charge in [0.05, 0.1) is 0 Å². The van der Waals surface area contributed by atoms with Crippen LogP contribution >= 0.6 is 12.6 Å². The molecule has 94 valence electrons. The Bertz CT molecular complexity index is 330. The van der Waals surface area contributed by atoms with Crippen LogP contribution in [0.15, 0.2) is 24.4 Å². The Morgan fingerprint density at radius 1 is 1.41 bits per heavy atom. The fourth-order valence-corrected chi connectivity index (χ4v) is 2.96. The Balaban J connectivity index is 1.76. The highest BCUT2D eigenvalue weighted by Gasteiger charge is 2.36. The third-order valence-corrected chi connectivity index (χ3v) is 4.50.